The predicted octanol–water partition coefficient (Wildman–Crippen LogP) is 3.23. The van der Waals surface area contributed by atoms with Gasteiger partial charge < -0.3 is 15.2 Å². The number of thiophene rings is 1. The minimum Gasteiger partial charge on any atom is -0.497 e. The van der Waals surface area contributed by atoms with E-state index >= 15 is 0 Å². The van der Waals surface area contributed by atoms with Crippen molar-refractivity contribution in [3.05, 3.63) is 51.7 Å². The molecule has 0 aliphatic carbocycles. The van der Waals surface area contributed by atoms with Crippen LogP contribution < -0.4 is 10.1 Å². The number of carboxylic acid groups (broad SMARTS) is 1. The summed E-state index contributed by atoms with van der Waals surface area (Å²) in [6.07, 6.45) is 0.0934. The zero-order valence-electron chi connectivity index (χ0n) is 12.1. The van der Waals surface area contributed by atoms with Crippen molar-refractivity contribution in [3.8, 4) is 5.75 Å². The number of carbonyl (C=O) groups is 1. The summed E-state index contributed by atoms with van der Waals surface area (Å²) in [4.78, 5) is 12.7. The molecule has 112 valence electrons. The highest BCUT2D eigenvalue weighted by Crippen LogP contribution is 2.21. The zero-order chi connectivity index (χ0) is 15.2. The zero-order valence-corrected chi connectivity index (χ0v) is 12.9. The second-order valence-electron chi connectivity index (χ2n) is 4.82. The minimum absolute atomic E-state index is 0.0934. The fourth-order valence-corrected chi connectivity index (χ4v) is 3.00. The Morgan fingerprint density at radius 3 is 2.81 bits per heavy atom. The number of methoxy groups -OCH3 is 1. The highest BCUT2D eigenvalue weighted by atomic mass is 32.1. The molecule has 0 amide bonds. The Balaban J connectivity index is 1.92. The lowest BCUT2D eigenvalue weighted by Crippen LogP contribution is -2.17. The van der Waals surface area contributed by atoms with Crippen LogP contribution >= 0.6 is 11.3 Å². The molecule has 2 rings (SSSR count). The minimum atomic E-state index is -0.791. The summed E-state index contributed by atoms with van der Waals surface area (Å²) >= 11 is 1.54. The first kappa shape index (κ1) is 15.5. The van der Waals surface area contributed by atoms with Crippen molar-refractivity contribution in [1.82, 2.24) is 5.32 Å². The van der Waals surface area contributed by atoms with E-state index in [0.29, 0.717) is 0 Å². The number of carboxylic acids is 1. The van der Waals surface area contributed by atoms with Crippen LogP contribution in [0.4, 0.5) is 0 Å². The van der Waals surface area contributed by atoms with Crippen LogP contribution in [0.5, 0.6) is 5.75 Å². The molecular weight excluding hydrogens is 286 g/mol. The number of nitrogens with one attached hydrogen (secondary N) is 1. The molecule has 1 heterocycles. The van der Waals surface area contributed by atoms with E-state index in [9.17, 15) is 4.79 Å². The van der Waals surface area contributed by atoms with Crippen LogP contribution in [0, 0.1) is 0 Å². The van der Waals surface area contributed by atoms with Gasteiger partial charge in [-0.3, -0.25) is 4.79 Å². The molecular formula is C16H19NO3S. The average Bonchev–Trinajstić information content (AvgIpc) is 2.91. The molecule has 1 aromatic heterocycles. The third-order valence-corrected chi connectivity index (χ3v) is 4.30. The Kier molecular flexibility index (Phi) is 5.36. The van der Waals surface area contributed by atoms with Crippen LogP contribution in [0.3, 0.4) is 0 Å². The maximum atomic E-state index is 10.7. The summed E-state index contributed by atoms with van der Waals surface area (Å²) in [6, 6.07) is 12.0. The van der Waals surface area contributed by atoms with E-state index < -0.39 is 5.97 Å². The van der Waals surface area contributed by atoms with Crippen LogP contribution in [-0.4, -0.2) is 18.2 Å². The second kappa shape index (κ2) is 7.24. The van der Waals surface area contributed by atoms with Crippen molar-refractivity contribution < 1.29 is 14.6 Å². The van der Waals surface area contributed by atoms with Crippen molar-refractivity contribution in [2.24, 2.45) is 0 Å². The largest absolute Gasteiger partial charge is 0.497 e. The quantitative estimate of drug-likeness (QED) is 0.824. The lowest BCUT2D eigenvalue weighted by molar-refractivity contribution is -0.136. The molecule has 0 fully saturated rings. The maximum Gasteiger partial charge on any atom is 0.308 e. The van der Waals surface area contributed by atoms with Crippen LogP contribution in [0.25, 0.3) is 0 Å². The van der Waals surface area contributed by atoms with Gasteiger partial charge in [0.1, 0.15) is 5.75 Å². The van der Waals surface area contributed by atoms with E-state index in [-0.39, 0.29) is 12.5 Å². The fraction of sp³-hybridized carbons (Fsp3) is 0.312. The highest BCUT2D eigenvalue weighted by molar-refractivity contribution is 7.12. The summed E-state index contributed by atoms with van der Waals surface area (Å²) in [6.45, 7) is 2.82. The summed E-state index contributed by atoms with van der Waals surface area (Å²) < 4.78 is 5.23. The van der Waals surface area contributed by atoms with Gasteiger partial charge in [0.05, 0.1) is 13.5 Å². The van der Waals surface area contributed by atoms with Gasteiger partial charge in [-0.2, -0.15) is 0 Å². The third-order valence-electron chi connectivity index (χ3n) is 3.22. The van der Waals surface area contributed by atoms with E-state index in [0.717, 1.165) is 27.6 Å². The maximum absolute atomic E-state index is 10.7. The van der Waals surface area contributed by atoms with Crippen LogP contribution in [0.2, 0.25) is 0 Å². The second-order valence-corrected chi connectivity index (χ2v) is 6.07. The molecule has 2 N–H and O–H groups in total. The third kappa shape index (κ3) is 4.58. The van der Waals surface area contributed by atoms with Crippen LogP contribution in [0.15, 0.2) is 36.4 Å². The molecule has 5 heteroatoms. The topological polar surface area (TPSA) is 58.6 Å². The number of aliphatic carboxylic acids is 1. The normalized spacial score (nSPS) is 12.1. The lowest BCUT2D eigenvalue weighted by atomic mass is 10.1. The van der Waals surface area contributed by atoms with Gasteiger partial charge in [-0.05, 0) is 36.8 Å². The summed E-state index contributed by atoms with van der Waals surface area (Å²) in [5, 5.41) is 12.2. The van der Waals surface area contributed by atoms with E-state index in [2.05, 4.69) is 18.3 Å². The summed E-state index contributed by atoms with van der Waals surface area (Å²) in [5.74, 6) is 0.0575. The van der Waals surface area contributed by atoms with Crippen molar-refractivity contribution >= 4 is 17.3 Å². The molecule has 0 radical (unpaired) electrons. The first-order valence-electron chi connectivity index (χ1n) is 6.75. The number of ether oxygens (including phenoxy) is 1. The molecule has 2 aromatic rings. The average molecular weight is 305 g/mol. The smallest absolute Gasteiger partial charge is 0.308 e. The Labute approximate surface area is 128 Å². The van der Waals surface area contributed by atoms with Gasteiger partial charge in [0, 0.05) is 22.3 Å². The fourth-order valence-electron chi connectivity index (χ4n) is 2.04. The molecule has 1 unspecified atom stereocenters. The van der Waals surface area contributed by atoms with Gasteiger partial charge in [-0.15, -0.1) is 11.3 Å². The molecule has 0 aliphatic heterocycles. The molecule has 0 saturated carbocycles. The molecule has 0 saturated heterocycles. The first-order valence-corrected chi connectivity index (χ1v) is 7.57. The number of hydrogen-bond donors (Lipinski definition) is 2. The first-order chi connectivity index (χ1) is 10.1. The summed E-state index contributed by atoms with van der Waals surface area (Å²) in [5.41, 5.74) is 1.16. The molecule has 4 nitrogen and oxygen atoms in total. The van der Waals surface area contributed by atoms with Gasteiger partial charge in [0.2, 0.25) is 0 Å². The molecule has 21 heavy (non-hydrogen) atoms. The van der Waals surface area contributed by atoms with E-state index in [1.165, 1.54) is 11.3 Å². The van der Waals surface area contributed by atoms with Crippen molar-refractivity contribution in [2.45, 2.75) is 25.9 Å². The van der Waals surface area contributed by atoms with Crippen LogP contribution in [0.1, 0.15) is 28.3 Å². The number of rotatable bonds is 7. The van der Waals surface area contributed by atoms with Gasteiger partial charge in [-0.1, -0.05) is 12.1 Å². The monoisotopic (exact) mass is 305 g/mol. The van der Waals surface area contributed by atoms with Crippen molar-refractivity contribution in [1.29, 1.82) is 0 Å². The Morgan fingerprint density at radius 1 is 1.33 bits per heavy atom. The van der Waals surface area contributed by atoms with E-state index in [4.69, 9.17) is 9.84 Å². The molecule has 1 aromatic carbocycles. The lowest BCUT2D eigenvalue weighted by Gasteiger charge is -2.14. The summed E-state index contributed by atoms with van der Waals surface area (Å²) in [7, 11) is 1.66. The van der Waals surface area contributed by atoms with Crippen LogP contribution in [-0.2, 0) is 17.8 Å². The predicted molar refractivity (Wildman–Crippen MR) is 83.9 cm³/mol. The number of hydrogen-bond acceptors (Lipinski definition) is 4. The highest BCUT2D eigenvalue weighted by Gasteiger charge is 2.08. The standard InChI is InChI=1S/C16H19NO3S/c1-11(12-4-3-5-13(8-12)20-2)17-10-15-7-6-14(21-15)9-16(18)19/h3-8,11,17H,9-10H2,1-2H3,(H,18,19). The molecule has 0 bridgehead atoms. The molecule has 0 aliphatic rings. The van der Waals surface area contributed by atoms with Gasteiger partial charge in [-0.25, -0.2) is 0 Å². The Hall–Kier alpha value is -1.85. The van der Waals surface area contributed by atoms with Gasteiger partial charge in [0.15, 0.2) is 0 Å². The Bertz CT molecular complexity index is 609. The van der Waals surface area contributed by atoms with Crippen molar-refractivity contribution in [3.63, 3.8) is 0 Å². The van der Waals surface area contributed by atoms with Gasteiger partial charge >= 0.3 is 5.97 Å². The molecule has 1 atom stereocenters. The van der Waals surface area contributed by atoms with E-state index in [1.54, 1.807) is 7.11 Å². The van der Waals surface area contributed by atoms with E-state index in [1.807, 2.05) is 30.3 Å². The van der Waals surface area contributed by atoms with Gasteiger partial charge in [0.25, 0.3) is 0 Å². The Morgan fingerprint density at radius 2 is 2.10 bits per heavy atom. The SMILES string of the molecule is COc1cccc(C(C)NCc2ccc(CC(=O)O)s2)c1. The number of benzene rings is 1. The molecule has 0 spiro atoms. The van der Waals surface area contributed by atoms with Crippen molar-refractivity contribution in [2.75, 3.05) is 7.11 Å².